The van der Waals surface area contributed by atoms with Crippen molar-refractivity contribution in [3.63, 3.8) is 0 Å². The van der Waals surface area contributed by atoms with Crippen molar-refractivity contribution >= 4 is 6.03 Å². The van der Waals surface area contributed by atoms with Crippen molar-refractivity contribution < 1.29 is 9.53 Å². The molecule has 4 fully saturated rings. The van der Waals surface area contributed by atoms with Crippen LogP contribution in [0.4, 0.5) is 4.79 Å². The summed E-state index contributed by atoms with van der Waals surface area (Å²) in [5, 5.41) is 12.2. The minimum atomic E-state index is 0.194. The molecule has 9 heteroatoms. The summed E-state index contributed by atoms with van der Waals surface area (Å²) in [6.45, 7) is 7.89. The molecule has 2 aromatic heterocycles. The molecule has 7 rings (SSSR count). The van der Waals surface area contributed by atoms with Gasteiger partial charge in [0.25, 0.3) is 0 Å². The summed E-state index contributed by atoms with van der Waals surface area (Å²) in [5.74, 6) is 4.29. The molecule has 0 radical (unpaired) electrons. The van der Waals surface area contributed by atoms with Crippen molar-refractivity contribution in [3.05, 3.63) is 53.2 Å². The van der Waals surface area contributed by atoms with Crippen LogP contribution in [0, 0.1) is 12.3 Å². The summed E-state index contributed by atoms with van der Waals surface area (Å²) in [7, 11) is 0. The van der Waals surface area contributed by atoms with Crippen molar-refractivity contribution in [3.8, 4) is 11.6 Å². The molecule has 1 aromatic carbocycles. The van der Waals surface area contributed by atoms with E-state index in [1.165, 1.54) is 18.4 Å². The molecular weight excluding hydrogens is 454 g/mol. The summed E-state index contributed by atoms with van der Waals surface area (Å²) >= 11 is 0. The number of aryl methyl sites for hydroxylation is 1. The predicted molar refractivity (Wildman–Crippen MR) is 134 cm³/mol. The molecule has 188 valence electrons. The van der Waals surface area contributed by atoms with Gasteiger partial charge in [0, 0.05) is 55.4 Å². The molecule has 2 aliphatic carbocycles. The van der Waals surface area contributed by atoms with E-state index < -0.39 is 0 Å². The number of aromatic nitrogens is 5. The molecule has 2 saturated carbocycles. The number of hydrogen-bond donors (Lipinski definition) is 1. The number of ether oxygens (including phenoxy) is 1. The molecule has 1 N–H and O–H groups in total. The Morgan fingerprint density at radius 3 is 2.53 bits per heavy atom. The first-order valence-electron chi connectivity index (χ1n) is 13.3. The Hall–Kier alpha value is -3.36. The number of H-pyrrole nitrogens is 1. The third-order valence-electron chi connectivity index (χ3n) is 8.38. The summed E-state index contributed by atoms with van der Waals surface area (Å²) in [5.41, 5.74) is 3.48. The van der Waals surface area contributed by atoms with Gasteiger partial charge >= 0.3 is 6.03 Å². The Balaban J connectivity index is 0.898. The molecule has 1 spiro atoms. The molecule has 0 unspecified atom stereocenters. The molecule has 0 atom stereocenters. The molecule has 2 saturated heterocycles. The number of nitrogens with one attached hydrogen (secondary N) is 1. The first kappa shape index (κ1) is 21.9. The fraction of sp³-hybridized carbons (Fsp3) is 0.556. The van der Waals surface area contributed by atoms with Gasteiger partial charge in [-0.2, -0.15) is 10.2 Å². The lowest BCUT2D eigenvalue weighted by Crippen LogP contribution is -2.67. The lowest BCUT2D eigenvalue weighted by molar-refractivity contribution is -0.0601. The third kappa shape index (κ3) is 3.67. The second-order valence-electron chi connectivity index (χ2n) is 11.3. The van der Waals surface area contributed by atoms with Crippen LogP contribution in [0.2, 0.25) is 0 Å². The van der Waals surface area contributed by atoms with Crippen LogP contribution in [-0.2, 0) is 0 Å². The van der Waals surface area contributed by atoms with Gasteiger partial charge in [-0.25, -0.2) is 14.5 Å². The Kier molecular flexibility index (Phi) is 4.91. The second kappa shape index (κ2) is 8.08. The van der Waals surface area contributed by atoms with Crippen molar-refractivity contribution in [2.75, 3.05) is 32.8 Å². The van der Waals surface area contributed by atoms with E-state index in [-0.39, 0.29) is 6.03 Å². The van der Waals surface area contributed by atoms with Crippen LogP contribution in [0.1, 0.15) is 73.3 Å². The first-order valence-corrected chi connectivity index (χ1v) is 13.3. The number of amides is 2. The number of benzene rings is 1. The molecule has 2 aliphatic heterocycles. The van der Waals surface area contributed by atoms with Crippen LogP contribution in [0.5, 0.6) is 5.88 Å². The lowest BCUT2D eigenvalue weighted by Gasteiger charge is -2.59. The summed E-state index contributed by atoms with van der Waals surface area (Å²) < 4.78 is 7.56. The molecule has 2 amide bonds. The van der Waals surface area contributed by atoms with Crippen LogP contribution >= 0.6 is 0 Å². The van der Waals surface area contributed by atoms with Crippen molar-refractivity contribution in [1.82, 2.24) is 34.8 Å². The van der Waals surface area contributed by atoms with Gasteiger partial charge in [-0.1, -0.05) is 12.1 Å². The second-order valence-corrected chi connectivity index (χ2v) is 11.3. The highest BCUT2D eigenvalue weighted by atomic mass is 16.5. The third-order valence-corrected chi connectivity index (χ3v) is 8.38. The Bertz CT molecular complexity index is 1270. The molecule has 36 heavy (non-hydrogen) atoms. The lowest BCUT2D eigenvalue weighted by atomic mass is 9.57. The molecule has 3 aromatic rings. The highest BCUT2D eigenvalue weighted by Crippen LogP contribution is 2.56. The number of urea groups is 1. The highest BCUT2D eigenvalue weighted by Gasteiger charge is 2.56. The van der Waals surface area contributed by atoms with E-state index in [4.69, 9.17) is 9.72 Å². The van der Waals surface area contributed by atoms with Gasteiger partial charge in [0.05, 0.1) is 18.0 Å². The van der Waals surface area contributed by atoms with Crippen LogP contribution in [0.15, 0.2) is 30.3 Å². The fourth-order valence-electron chi connectivity index (χ4n) is 6.18. The van der Waals surface area contributed by atoms with E-state index in [9.17, 15) is 4.79 Å². The minimum Gasteiger partial charge on any atom is -0.478 e. The topological polar surface area (TPSA) is 92.2 Å². The molecule has 9 nitrogen and oxygen atoms in total. The zero-order chi connectivity index (χ0) is 24.4. The zero-order valence-corrected chi connectivity index (χ0v) is 21.0. The average Bonchev–Trinajstić information content (AvgIpc) is 3.41. The number of aromatic amines is 1. The minimum absolute atomic E-state index is 0.194. The highest BCUT2D eigenvalue weighted by molar-refractivity contribution is 5.77. The van der Waals surface area contributed by atoms with Gasteiger partial charge in [-0.05, 0) is 57.2 Å². The van der Waals surface area contributed by atoms with Crippen LogP contribution in [-0.4, -0.2) is 73.6 Å². The Morgan fingerprint density at radius 1 is 1.08 bits per heavy atom. The number of rotatable bonds is 6. The first-order chi connectivity index (χ1) is 17.5. The smallest absolute Gasteiger partial charge is 0.320 e. The van der Waals surface area contributed by atoms with E-state index >= 15 is 0 Å². The number of carbonyl (C=O) groups is 1. The normalized spacial score (nSPS) is 21.3. The van der Waals surface area contributed by atoms with Gasteiger partial charge < -0.3 is 14.5 Å². The van der Waals surface area contributed by atoms with E-state index in [2.05, 4.69) is 39.6 Å². The maximum absolute atomic E-state index is 13.0. The van der Waals surface area contributed by atoms with Crippen molar-refractivity contribution in [2.24, 2.45) is 5.41 Å². The molecule has 0 bridgehead atoms. The van der Waals surface area contributed by atoms with Gasteiger partial charge in [-0.15, -0.1) is 0 Å². The average molecular weight is 488 g/mol. The van der Waals surface area contributed by atoms with Crippen LogP contribution in [0.25, 0.3) is 5.69 Å². The van der Waals surface area contributed by atoms with Gasteiger partial charge in [0.1, 0.15) is 5.82 Å². The largest absolute Gasteiger partial charge is 0.478 e. The molecule has 4 heterocycles. The fourth-order valence-corrected chi connectivity index (χ4v) is 6.18. The maximum Gasteiger partial charge on any atom is 0.320 e. The Morgan fingerprint density at radius 2 is 1.83 bits per heavy atom. The predicted octanol–water partition coefficient (Wildman–Crippen LogP) is 3.97. The van der Waals surface area contributed by atoms with E-state index in [0.717, 1.165) is 67.9 Å². The number of carbonyl (C=O) groups excluding carboxylic acids is 1. The molecule has 4 aliphatic rings. The van der Waals surface area contributed by atoms with E-state index in [1.807, 2.05) is 34.4 Å². The number of nitrogens with zero attached hydrogens (tertiary/aromatic N) is 6. The quantitative estimate of drug-likeness (QED) is 0.568. The Labute approximate surface area is 210 Å². The maximum atomic E-state index is 13.0. The van der Waals surface area contributed by atoms with Crippen LogP contribution in [0.3, 0.4) is 0 Å². The molecular formula is C27H33N7O2. The van der Waals surface area contributed by atoms with E-state index in [1.54, 1.807) is 0 Å². The van der Waals surface area contributed by atoms with Crippen molar-refractivity contribution in [2.45, 2.75) is 57.3 Å². The summed E-state index contributed by atoms with van der Waals surface area (Å²) in [4.78, 5) is 21.7. The van der Waals surface area contributed by atoms with Crippen LogP contribution < -0.4 is 4.74 Å². The van der Waals surface area contributed by atoms with E-state index in [0.29, 0.717) is 29.8 Å². The van der Waals surface area contributed by atoms with Gasteiger partial charge in [0.2, 0.25) is 5.88 Å². The number of likely N-dealkylation sites (tertiary alicyclic amines) is 2. The van der Waals surface area contributed by atoms with Gasteiger partial charge in [0.15, 0.2) is 5.82 Å². The van der Waals surface area contributed by atoms with Gasteiger partial charge in [-0.3, -0.25) is 5.10 Å². The SMILES string of the molecule is CCOc1cc(C)nn1-c1ccc(C2CN(C(=O)N3CC4(CC(c5n[nH]c(C6CC6)n5)C4)C3)C2)cc1. The monoisotopic (exact) mass is 487 g/mol. The summed E-state index contributed by atoms with van der Waals surface area (Å²) in [6, 6.07) is 10.6. The number of hydrogen-bond acceptors (Lipinski definition) is 5. The zero-order valence-electron chi connectivity index (χ0n) is 21.0. The standard InChI is InChI=1S/C27H33N7O2/c1-3-36-23-10-17(2)31-34(23)22-8-6-18(7-9-22)21-13-32(14-21)26(35)33-15-27(16-33)11-20(12-27)25-28-24(29-30-25)19-4-5-19/h6-10,19-21H,3-5,11-16H2,1-2H3,(H,28,29,30). The van der Waals surface area contributed by atoms with Crippen molar-refractivity contribution in [1.29, 1.82) is 0 Å². The summed E-state index contributed by atoms with van der Waals surface area (Å²) in [6.07, 6.45) is 4.69.